The van der Waals surface area contributed by atoms with Crippen molar-refractivity contribution in [3.63, 3.8) is 0 Å². The zero-order chi connectivity index (χ0) is 15.4. The van der Waals surface area contributed by atoms with Gasteiger partial charge in [-0.2, -0.15) is 0 Å². The lowest BCUT2D eigenvalue weighted by molar-refractivity contribution is -0.118. The van der Waals surface area contributed by atoms with E-state index in [1.54, 1.807) is 24.3 Å². The molecule has 0 atom stereocenters. The fourth-order valence-corrected chi connectivity index (χ4v) is 3.41. The number of aryl methyl sites for hydroxylation is 1. The van der Waals surface area contributed by atoms with Gasteiger partial charge in [0.1, 0.15) is 5.75 Å². The maximum Gasteiger partial charge on any atom is 0.262 e. The molecule has 0 spiro atoms. The normalized spacial score (nSPS) is 10.3. The number of ether oxygens (including phenoxy) is 1. The summed E-state index contributed by atoms with van der Waals surface area (Å²) in [6.45, 7) is 1.90. The number of hydrogen-bond acceptors (Lipinski definition) is 2. The number of amides is 1. The standard InChI is InChI=1S/C15H12Br2ClNO2/c1-9-6-12(16)15(13(17)7-9)19-14(20)8-21-11-4-2-10(18)3-5-11/h2-7H,8H2,1H3,(H,19,20). The van der Waals surface area contributed by atoms with Gasteiger partial charge in [-0.05, 0) is 80.7 Å². The summed E-state index contributed by atoms with van der Waals surface area (Å²) in [5, 5.41) is 3.43. The Labute approximate surface area is 144 Å². The van der Waals surface area contributed by atoms with E-state index in [0.29, 0.717) is 16.5 Å². The molecule has 1 N–H and O–H groups in total. The average molecular weight is 434 g/mol. The first-order valence-electron chi connectivity index (χ1n) is 6.09. The maximum atomic E-state index is 11.9. The minimum Gasteiger partial charge on any atom is -0.484 e. The van der Waals surface area contributed by atoms with Gasteiger partial charge in [-0.1, -0.05) is 11.6 Å². The molecular formula is C15H12Br2ClNO2. The first-order chi connectivity index (χ1) is 9.95. The van der Waals surface area contributed by atoms with Gasteiger partial charge in [-0.15, -0.1) is 0 Å². The van der Waals surface area contributed by atoms with Crippen molar-refractivity contribution in [1.82, 2.24) is 0 Å². The van der Waals surface area contributed by atoms with Crippen LogP contribution in [-0.4, -0.2) is 12.5 Å². The Morgan fingerprint density at radius 1 is 1.19 bits per heavy atom. The van der Waals surface area contributed by atoms with E-state index in [1.807, 2.05) is 19.1 Å². The fourth-order valence-electron chi connectivity index (χ4n) is 1.67. The molecule has 0 saturated heterocycles. The number of halogens is 3. The molecule has 0 bridgehead atoms. The van der Waals surface area contributed by atoms with Crippen LogP contribution in [-0.2, 0) is 4.79 Å². The Hall–Kier alpha value is -1.04. The summed E-state index contributed by atoms with van der Waals surface area (Å²) in [6, 6.07) is 10.7. The van der Waals surface area contributed by atoms with E-state index in [1.165, 1.54) is 0 Å². The van der Waals surface area contributed by atoms with Gasteiger partial charge < -0.3 is 10.1 Å². The molecule has 2 aromatic rings. The third kappa shape index (κ3) is 4.73. The van der Waals surface area contributed by atoms with Gasteiger partial charge in [0, 0.05) is 14.0 Å². The Kier molecular flexibility index (Phi) is 5.67. The van der Waals surface area contributed by atoms with Crippen molar-refractivity contribution in [2.45, 2.75) is 6.92 Å². The third-order valence-electron chi connectivity index (χ3n) is 2.63. The lowest BCUT2D eigenvalue weighted by Crippen LogP contribution is -2.20. The summed E-state index contributed by atoms with van der Waals surface area (Å²) in [6.07, 6.45) is 0. The van der Waals surface area contributed by atoms with Crippen LogP contribution in [0.3, 0.4) is 0 Å². The first kappa shape index (κ1) is 16.3. The topological polar surface area (TPSA) is 38.3 Å². The second-order valence-electron chi connectivity index (χ2n) is 4.39. The fraction of sp³-hybridized carbons (Fsp3) is 0.133. The van der Waals surface area contributed by atoms with Gasteiger partial charge in [-0.3, -0.25) is 4.79 Å². The number of hydrogen-bond donors (Lipinski definition) is 1. The Bertz CT molecular complexity index is 636. The van der Waals surface area contributed by atoms with Crippen LogP contribution < -0.4 is 10.1 Å². The van der Waals surface area contributed by atoms with Crippen molar-refractivity contribution < 1.29 is 9.53 Å². The van der Waals surface area contributed by atoms with E-state index < -0.39 is 0 Å². The number of rotatable bonds is 4. The van der Waals surface area contributed by atoms with E-state index in [-0.39, 0.29) is 12.5 Å². The Morgan fingerprint density at radius 3 is 2.33 bits per heavy atom. The number of nitrogens with one attached hydrogen (secondary N) is 1. The van der Waals surface area contributed by atoms with Crippen LogP contribution in [0.5, 0.6) is 5.75 Å². The lowest BCUT2D eigenvalue weighted by atomic mass is 10.2. The quantitative estimate of drug-likeness (QED) is 0.721. The molecule has 0 aliphatic carbocycles. The second-order valence-corrected chi connectivity index (χ2v) is 6.54. The van der Waals surface area contributed by atoms with Crippen LogP contribution in [0.4, 0.5) is 5.69 Å². The van der Waals surface area contributed by atoms with Crippen molar-refractivity contribution in [3.8, 4) is 5.75 Å². The monoisotopic (exact) mass is 431 g/mol. The highest BCUT2D eigenvalue weighted by Crippen LogP contribution is 2.32. The van der Waals surface area contributed by atoms with Crippen molar-refractivity contribution in [3.05, 3.63) is 55.9 Å². The largest absolute Gasteiger partial charge is 0.484 e. The molecule has 1 amide bonds. The molecule has 2 aromatic carbocycles. The number of benzene rings is 2. The Morgan fingerprint density at radius 2 is 1.76 bits per heavy atom. The van der Waals surface area contributed by atoms with Crippen LogP contribution >= 0.6 is 43.5 Å². The van der Waals surface area contributed by atoms with Gasteiger partial charge in [0.2, 0.25) is 0 Å². The highest BCUT2D eigenvalue weighted by atomic mass is 79.9. The first-order valence-corrected chi connectivity index (χ1v) is 8.06. The number of carbonyl (C=O) groups excluding carboxylic acids is 1. The van der Waals surface area contributed by atoms with E-state index >= 15 is 0 Å². The molecular weight excluding hydrogens is 421 g/mol. The van der Waals surface area contributed by atoms with Gasteiger partial charge in [0.15, 0.2) is 6.61 Å². The van der Waals surface area contributed by atoms with Crippen molar-refractivity contribution in [1.29, 1.82) is 0 Å². The summed E-state index contributed by atoms with van der Waals surface area (Å²) in [5.41, 5.74) is 1.77. The molecule has 0 heterocycles. The molecule has 0 unspecified atom stereocenters. The highest BCUT2D eigenvalue weighted by molar-refractivity contribution is 9.11. The third-order valence-corrected chi connectivity index (χ3v) is 4.14. The molecule has 0 aliphatic heterocycles. The van der Waals surface area contributed by atoms with Crippen LogP contribution in [0, 0.1) is 6.92 Å². The smallest absolute Gasteiger partial charge is 0.262 e. The van der Waals surface area contributed by atoms with Crippen molar-refractivity contribution >= 4 is 55.1 Å². The molecule has 2 rings (SSSR count). The van der Waals surface area contributed by atoms with Crippen molar-refractivity contribution in [2.24, 2.45) is 0 Å². The molecule has 0 aromatic heterocycles. The summed E-state index contributed by atoms with van der Waals surface area (Å²) in [7, 11) is 0. The summed E-state index contributed by atoms with van der Waals surface area (Å²) in [5.74, 6) is 0.354. The summed E-state index contributed by atoms with van der Waals surface area (Å²) >= 11 is 12.6. The van der Waals surface area contributed by atoms with Gasteiger partial charge in [0.25, 0.3) is 5.91 Å². The molecule has 3 nitrogen and oxygen atoms in total. The van der Waals surface area contributed by atoms with Gasteiger partial charge >= 0.3 is 0 Å². The molecule has 0 saturated carbocycles. The Balaban J connectivity index is 1.97. The minimum absolute atomic E-state index is 0.0750. The zero-order valence-electron chi connectivity index (χ0n) is 11.1. The van der Waals surface area contributed by atoms with E-state index in [0.717, 1.165) is 14.5 Å². The SMILES string of the molecule is Cc1cc(Br)c(NC(=O)COc2ccc(Cl)cc2)c(Br)c1. The molecule has 21 heavy (non-hydrogen) atoms. The lowest BCUT2D eigenvalue weighted by Gasteiger charge is -2.11. The van der Waals surface area contributed by atoms with E-state index in [2.05, 4.69) is 37.2 Å². The highest BCUT2D eigenvalue weighted by Gasteiger charge is 2.10. The van der Waals surface area contributed by atoms with Crippen LogP contribution in [0.15, 0.2) is 45.3 Å². The predicted octanol–water partition coefficient (Wildman–Crippen LogP) is 5.19. The van der Waals surface area contributed by atoms with E-state index in [9.17, 15) is 4.79 Å². The molecule has 6 heteroatoms. The minimum atomic E-state index is -0.241. The van der Waals surface area contributed by atoms with Crippen LogP contribution in [0.2, 0.25) is 5.02 Å². The van der Waals surface area contributed by atoms with Crippen molar-refractivity contribution in [2.75, 3.05) is 11.9 Å². The second kappa shape index (κ2) is 7.29. The van der Waals surface area contributed by atoms with Crippen LogP contribution in [0.1, 0.15) is 5.56 Å². The molecule has 0 aliphatic rings. The summed E-state index contributed by atoms with van der Waals surface area (Å²) < 4.78 is 7.03. The van der Waals surface area contributed by atoms with E-state index in [4.69, 9.17) is 16.3 Å². The van der Waals surface area contributed by atoms with Crippen LogP contribution in [0.25, 0.3) is 0 Å². The molecule has 0 fully saturated rings. The molecule has 0 radical (unpaired) electrons. The number of anilines is 1. The maximum absolute atomic E-state index is 11.9. The predicted molar refractivity (Wildman–Crippen MR) is 92.2 cm³/mol. The van der Waals surface area contributed by atoms with Gasteiger partial charge in [-0.25, -0.2) is 0 Å². The summed E-state index contributed by atoms with van der Waals surface area (Å²) in [4.78, 5) is 11.9. The molecule has 110 valence electrons. The number of carbonyl (C=O) groups is 1. The van der Waals surface area contributed by atoms with Gasteiger partial charge in [0.05, 0.1) is 5.69 Å². The average Bonchev–Trinajstić information content (AvgIpc) is 2.42. The zero-order valence-corrected chi connectivity index (χ0v) is 15.0.